The van der Waals surface area contributed by atoms with Crippen molar-refractivity contribution in [3.63, 3.8) is 0 Å². The summed E-state index contributed by atoms with van der Waals surface area (Å²) in [5, 5.41) is 13.6. The number of amides is 2. The number of aromatic carboxylic acids is 1. The van der Waals surface area contributed by atoms with Crippen LogP contribution in [0.3, 0.4) is 0 Å². The summed E-state index contributed by atoms with van der Waals surface area (Å²) in [4.78, 5) is 22.2. The van der Waals surface area contributed by atoms with Crippen LogP contribution in [0.25, 0.3) is 0 Å². The number of alkyl halides is 3. The van der Waals surface area contributed by atoms with Crippen LogP contribution in [0.15, 0.2) is 18.2 Å². The van der Waals surface area contributed by atoms with E-state index < -0.39 is 24.6 Å². The van der Waals surface area contributed by atoms with Crippen LogP contribution in [0.4, 0.5) is 23.7 Å². The fraction of sp³-hybridized carbons (Fsp3) is 0.385. The van der Waals surface area contributed by atoms with Gasteiger partial charge in [0.1, 0.15) is 0 Å². The summed E-state index contributed by atoms with van der Waals surface area (Å²) in [6, 6.07) is 3.51. The molecule has 0 aliphatic carbocycles. The van der Waals surface area contributed by atoms with Gasteiger partial charge < -0.3 is 15.7 Å². The molecule has 0 fully saturated rings. The maximum atomic E-state index is 11.9. The van der Waals surface area contributed by atoms with Crippen molar-refractivity contribution in [2.75, 3.05) is 11.9 Å². The van der Waals surface area contributed by atoms with Crippen LogP contribution in [-0.4, -0.2) is 29.8 Å². The zero-order chi connectivity index (χ0) is 16.0. The minimum Gasteiger partial charge on any atom is -0.478 e. The van der Waals surface area contributed by atoms with Crippen LogP contribution < -0.4 is 10.6 Å². The van der Waals surface area contributed by atoms with Gasteiger partial charge in [0.25, 0.3) is 0 Å². The summed E-state index contributed by atoms with van der Waals surface area (Å²) in [6.07, 6.45) is -5.39. The van der Waals surface area contributed by atoms with Gasteiger partial charge in [-0.1, -0.05) is 0 Å². The Morgan fingerprint density at radius 3 is 2.48 bits per heavy atom. The van der Waals surface area contributed by atoms with Gasteiger partial charge >= 0.3 is 18.2 Å². The average Bonchev–Trinajstić information content (AvgIpc) is 2.36. The van der Waals surface area contributed by atoms with E-state index in [1.54, 1.807) is 6.92 Å². The lowest BCUT2D eigenvalue weighted by molar-refractivity contribution is -0.135. The number of aryl methyl sites for hydroxylation is 1. The molecule has 1 rings (SSSR count). The zero-order valence-electron chi connectivity index (χ0n) is 11.3. The molecule has 1 aromatic carbocycles. The molecule has 5 nitrogen and oxygen atoms in total. The minimum absolute atomic E-state index is 0.0867. The highest BCUT2D eigenvalue weighted by atomic mass is 19.4. The molecule has 3 N–H and O–H groups in total. The normalized spacial score (nSPS) is 11.0. The second-order valence-electron chi connectivity index (χ2n) is 4.43. The lowest BCUT2D eigenvalue weighted by atomic mass is 10.1. The number of hydrogen-bond acceptors (Lipinski definition) is 2. The van der Waals surface area contributed by atoms with E-state index in [1.165, 1.54) is 18.2 Å². The summed E-state index contributed by atoms with van der Waals surface area (Å²) in [5.74, 6) is -1.08. The number of urea groups is 1. The Morgan fingerprint density at radius 1 is 1.29 bits per heavy atom. The molecular weight excluding hydrogens is 289 g/mol. The van der Waals surface area contributed by atoms with Crippen molar-refractivity contribution in [1.29, 1.82) is 0 Å². The number of benzene rings is 1. The second-order valence-corrected chi connectivity index (χ2v) is 4.43. The predicted molar refractivity (Wildman–Crippen MR) is 70.4 cm³/mol. The Balaban J connectivity index is 2.46. The molecule has 0 aliphatic rings. The highest BCUT2D eigenvalue weighted by molar-refractivity contribution is 5.92. The quantitative estimate of drug-likeness (QED) is 0.731. The van der Waals surface area contributed by atoms with Crippen LogP contribution >= 0.6 is 0 Å². The number of rotatable bonds is 5. The Labute approximate surface area is 119 Å². The molecule has 0 radical (unpaired) electrons. The number of nitrogens with one attached hydrogen (secondary N) is 2. The van der Waals surface area contributed by atoms with E-state index in [2.05, 4.69) is 10.6 Å². The van der Waals surface area contributed by atoms with Crippen LogP contribution in [0.2, 0.25) is 0 Å². The number of carbonyl (C=O) groups is 2. The highest BCUT2D eigenvalue weighted by Crippen LogP contribution is 2.20. The molecule has 1 aromatic rings. The van der Waals surface area contributed by atoms with E-state index >= 15 is 0 Å². The van der Waals surface area contributed by atoms with E-state index in [0.717, 1.165) is 0 Å². The molecule has 0 saturated heterocycles. The number of carboxylic acid groups (broad SMARTS) is 1. The molecule has 116 valence electrons. The molecule has 0 saturated carbocycles. The number of hydrogen-bond donors (Lipinski definition) is 3. The predicted octanol–water partition coefficient (Wildman–Crippen LogP) is 3.16. The van der Waals surface area contributed by atoms with Gasteiger partial charge in [0.05, 0.1) is 5.56 Å². The highest BCUT2D eigenvalue weighted by Gasteiger charge is 2.25. The van der Waals surface area contributed by atoms with Crippen LogP contribution in [0.1, 0.15) is 28.8 Å². The van der Waals surface area contributed by atoms with Crippen LogP contribution in [0, 0.1) is 6.92 Å². The Hall–Kier alpha value is -2.25. The lowest BCUT2D eigenvalue weighted by Crippen LogP contribution is -2.30. The van der Waals surface area contributed by atoms with E-state index in [1.807, 2.05) is 0 Å². The van der Waals surface area contributed by atoms with E-state index in [9.17, 15) is 22.8 Å². The molecule has 0 unspecified atom stereocenters. The molecule has 0 bridgehead atoms. The van der Waals surface area contributed by atoms with Crippen molar-refractivity contribution >= 4 is 17.7 Å². The molecule has 2 amide bonds. The van der Waals surface area contributed by atoms with E-state index in [0.29, 0.717) is 11.3 Å². The van der Waals surface area contributed by atoms with Crippen molar-refractivity contribution in [1.82, 2.24) is 5.32 Å². The first-order valence-corrected chi connectivity index (χ1v) is 6.14. The molecule has 21 heavy (non-hydrogen) atoms. The first-order chi connectivity index (χ1) is 9.69. The number of anilines is 1. The summed E-state index contributed by atoms with van der Waals surface area (Å²) in [7, 11) is 0. The summed E-state index contributed by atoms with van der Waals surface area (Å²) >= 11 is 0. The summed E-state index contributed by atoms with van der Waals surface area (Å²) < 4.78 is 35.7. The molecule has 0 spiro atoms. The number of carbonyl (C=O) groups excluding carboxylic acids is 1. The number of carboxylic acids is 1. The fourth-order valence-electron chi connectivity index (χ4n) is 1.59. The van der Waals surface area contributed by atoms with Crippen molar-refractivity contribution < 1.29 is 27.9 Å². The molecule has 0 heterocycles. The third kappa shape index (κ3) is 6.15. The van der Waals surface area contributed by atoms with Gasteiger partial charge in [-0.05, 0) is 37.1 Å². The van der Waals surface area contributed by atoms with Gasteiger partial charge in [-0.3, -0.25) is 0 Å². The van der Waals surface area contributed by atoms with Crippen molar-refractivity contribution in [3.8, 4) is 0 Å². The van der Waals surface area contributed by atoms with Gasteiger partial charge in [0, 0.05) is 18.7 Å². The smallest absolute Gasteiger partial charge is 0.389 e. The van der Waals surface area contributed by atoms with Gasteiger partial charge in [0.15, 0.2) is 0 Å². The first kappa shape index (κ1) is 16.8. The van der Waals surface area contributed by atoms with Gasteiger partial charge in [-0.2, -0.15) is 13.2 Å². The average molecular weight is 304 g/mol. The number of halogens is 3. The maximum Gasteiger partial charge on any atom is 0.389 e. The molecule has 8 heteroatoms. The monoisotopic (exact) mass is 304 g/mol. The zero-order valence-corrected chi connectivity index (χ0v) is 11.3. The van der Waals surface area contributed by atoms with E-state index in [4.69, 9.17) is 5.11 Å². The Bertz CT molecular complexity index is 530. The van der Waals surface area contributed by atoms with Crippen LogP contribution in [0.5, 0.6) is 0 Å². The third-order valence-electron chi connectivity index (χ3n) is 2.64. The van der Waals surface area contributed by atoms with Gasteiger partial charge in [-0.15, -0.1) is 0 Å². The topological polar surface area (TPSA) is 78.4 Å². The van der Waals surface area contributed by atoms with Crippen LogP contribution in [-0.2, 0) is 0 Å². The fourth-order valence-corrected chi connectivity index (χ4v) is 1.59. The van der Waals surface area contributed by atoms with Crippen molar-refractivity contribution in [3.05, 3.63) is 29.3 Å². The van der Waals surface area contributed by atoms with Gasteiger partial charge in [0.2, 0.25) is 0 Å². The van der Waals surface area contributed by atoms with E-state index in [-0.39, 0.29) is 18.5 Å². The second kappa shape index (κ2) is 6.96. The lowest BCUT2D eigenvalue weighted by Gasteiger charge is -2.11. The maximum absolute atomic E-state index is 11.9. The first-order valence-electron chi connectivity index (χ1n) is 6.14. The van der Waals surface area contributed by atoms with Gasteiger partial charge in [-0.25, -0.2) is 9.59 Å². The Morgan fingerprint density at radius 2 is 1.95 bits per heavy atom. The Kier molecular flexibility index (Phi) is 5.57. The van der Waals surface area contributed by atoms with Crippen molar-refractivity contribution in [2.24, 2.45) is 0 Å². The standard InChI is InChI=1S/C13H15F3N2O3/c1-8-7-9(11(19)20)3-4-10(8)18-12(21)17-6-2-5-13(14,15)16/h3-4,7H,2,5-6H2,1H3,(H,19,20)(H2,17,18,21). The largest absolute Gasteiger partial charge is 0.478 e. The molecular formula is C13H15F3N2O3. The molecule has 0 atom stereocenters. The SMILES string of the molecule is Cc1cc(C(=O)O)ccc1NC(=O)NCCCC(F)(F)F. The summed E-state index contributed by atoms with van der Waals surface area (Å²) in [6.45, 7) is 1.52. The molecule has 0 aliphatic heterocycles. The summed E-state index contributed by atoms with van der Waals surface area (Å²) in [5.41, 5.74) is 1.03. The molecule has 0 aromatic heterocycles. The van der Waals surface area contributed by atoms with Crippen molar-refractivity contribution in [2.45, 2.75) is 25.9 Å². The third-order valence-corrected chi connectivity index (χ3v) is 2.64. The minimum atomic E-state index is -4.23.